The molecule has 0 aliphatic heterocycles. The van der Waals surface area contributed by atoms with Gasteiger partial charge in [-0.15, -0.1) is 0 Å². The van der Waals surface area contributed by atoms with Gasteiger partial charge in [0.2, 0.25) is 5.13 Å². The molecule has 0 radical (unpaired) electrons. The fraction of sp³-hybridized carbons (Fsp3) is 0.0455. The summed E-state index contributed by atoms with van der Waals surface area (Å²) in [7, 11) is 1.61. The Hall–Kier alpha value is -2.74. The second-order valence-corrected chi connectivity index (χ2v) is 8.61. The molecule has 150 valence electrons. The molecule has 0 aliphatic carbocycles. The zero-order chi connectivity index (χ0) is 21.1. The summed E-state index contributed by atoms with van der Waals surface area (Å²) in [5.41, 5.74) is 2.04. The molecule has 30 heavy (non-hydrogen) atoms. The SMILES string of the molecule is COc1ccc(/C=N/N(C(=O)c2cccc(Cl)c2)c2nc3ccc(Br)cc3s2)cc1. The number of carbonyl (C=O) groups excluding carboxylic acids is 1. The van der Waals surface area contributed by atoms with Gasteiger partial charge in [0.1, 0.15) is 5.75 Å². The lowest BCUT2D eigenvalue weighted by Gasteiger charge is -2.14. The van der Waals surface area contributed by atoms with Crippen LogP contribution in [0.3, 0.4) is 0 Å². The number of anilines is 1. The molecule has 0 fully saturated rings. The van der Waals surface area contributed by atoms with Gasteiger partial charge in [-0.2, -0.15) is 10.1 Å². The second kappa shape index (κ2) is 8.95. The van der Waals surface area contributed by atoms with Gasteiger partial charge in [-0.3, -0.25) is 4.79 Å². The summed E-state index contributed by atoms with van der Waals surface area (Å²) in [6, 6.07) is 19.9. The number of methoxy groups -OCH3 is 1. The first-order chi connectivity index (χ1) is 14.5. The van der Waals surface area contributed by atoms with E-state index in [1.165, 1.54) is 16.3 Å². The predicted molar refractivity (Wildman–Crippen MR) is 126 cm³/mol. The molecule has 4 aromatic rings. The molecule has 4 rings (SSSR count). The van der Waals surface area contributed by atoms with Gasteiger partial charge in [0, 0.05) is 15.1 Å². The Balaban J connectivity index is 1.74. The highest BCUT2D eigenvalue weighted by atomic mass is 79.9. The largest absolute Gasteiger partial charge is 0.497 e. The maximum Gasteiger partial charge on any atom is 0.280 e. The van der Waals surface area contributed by atoms with Crippen LogP contribution in [0.4, 0.5) is 5.13 Å². The third kappa shape index (κ3) is 4.53. The highest BCUT2D eigenvalue weighted by Gasteiger charge is 2.21. The highest BCUT2D eigenvalue weighted by molar-refractivity contribution is 9.10. The molecular formula is C22H15BrClN3O2S. The van der Waals surface area contributed by atoms with Crippen LogP contribution in [0.2, 0.25) is 5.02 Å². The van der Waals surface area contributed by atoms with Gasteiger partial charge in [0.25, 0.3) is 5.91 Å². The molecule has 0 unspecified atom stereocenters. The monoisotopic (exact) mass is 499 g/mol. The van der Waals surface area contributed by atoms with Crippen molar-refractivity contribution in [2.45, 2.75) is 0 Å². The Labute approximate surface area is 190 Å². The average Bonchev–Trinajstić information content (AvgIpc) is 3.17. The molecule has 0 saturated heterocycles. The van der Waals surface area contributed by atoms with Gasteiger partial charge in [-0.1, -0.05) is 44.9 Å². The van der Waals surface area contributed by atoms with E-state index in [-0.39, 0.29) is 5.91 Å². The first-order valence-corrected chi connectivity index (χ1v) is 10.9. The molecule has 0 atom stereocenters. The first kappa shape index (κ1) is 20.5. The number of hydrogen-bond acceptors (Lipinski definition) is 5. The van der Waals surface area contributed by atoms with E-state index in [1.54, 1.807) is 37.6 Å². The van der Waals surface area contributed by atoms with Crippen LogP contribution in [-0.2, 0) is 0 Å². The molecule has 0 N–H and O–H groups in total. The van der Waals surface area contributed by atoms with Crippen molar-refractivity contribution >= 4 is 66.3 Å². The number of rotatable bonds is 5. The molecule has 0 saturated carbocycles. The van der Waals surface area contributed by atoms with Crippen molar-refractivity contribution in [3.8, 4) is 5.75 Å². The molecular weight excluding hydrogens is 486 g/mol. The Morgan fingerprint density at radius 1 is 1.17 bits per heavy atom. The lowest BCUT2D eigenvalue weighted by atomic mass is 10.2. The van der Waals surface area contributed by atoms with E-state index < -0.39 is 0 Å². The molecule has 0 aliphatic rings. The summed E-state index contributed by atoms with van der Waals surface area (Å²) in [4.78, 5) is 17.9. The number of fused-ring (bicyclic) bond motifs is 1. The summed E-state index contributed by atoms with van der Waals surface area (Å²) in [6.45, 7) is 0. The maximum atomic E-state index is 13.3. The predicted octanol–water partition coefficient (Wildman–Crippen LogP) is 6.40. The molecule has 0 spiro atoms. The summed E-state index contributed by atoms with van der Waals surface area (Å²) in [5.74, 6) is 0.427. The van der Waals surface area contributed by atoms with E-state index in [1.807, 2.05) is 42.5 Å². The Morgan fingerprint density at radius 3 is 2.70 bits per heavy atom. The van der Waals surface area contributed by atoms with E-state index in [4.69, 9.17) is 16.3 Å². The Bertz CT molecular complexity index is 1240. The number of hydrazone groups is 1. The minimum Gasteiger partial charge on any atom is -0.497 e. The van der Waals surface area contributed by atoms with E-state index in [9.17, 15) is 4.79 Å². The van der Waals surface area contributed by atoms with Crippen molar-refractivity contribution in [3.05, 3.63) is 87.4 Å². The lowest BCUT2D eigenvalue weighted by molar-refractivity contribution is 0.0988. The highest BCUT2D eigenvalue weighted by Crippen LogP contribution is 2.32. The van der Waals surface area contributed by atoms with Crippen molar-refractivity contribution in [1.82, 2.24) is 4.98 Å². The van der Waals surface area contributed by atoms with Crippen LogP contribution >= 0.6 is 38.9 Å². The van der Waals surface area contributed by atoms with Crippen molar-refractivity contribution in [2.75, 3.05) is 12.1 Å². The van der Waals surface area contributed by atoms with Crippen LogP contribution in [0.5, 0.6) is 5.75 Å². The number of carbonyl (C=O) groups is 1. The zero-order valence-corrected chi connectivity index (χ0v) is 18.9. The van der Waals surface area contributed by atoms with Crippen molar-refractivity contribution < 1.29 is 9.53 Å². The summed E-state index contributed by atoms with van der Waals surface area (Å²) >= 11 is 10.9. The number of ether oxygens (including phenoxy) is 1. The minimum atomic E-state index is -0.319. The third-order valence-corrected chi connectivity index (χ3v) is 5.94. The smallest absolute Gasteiger partial charge is 0.280 e. The third-order valence-electron chi connectivity index (χ3n) is 4.22. The van der Waals surface area contributed by atoms with Gasteiger partial charge < -0.3 is 4.74 Å². The van der Waals surface area contributed by atoms with Crippen LogP contribution in [-0.4, -0.2) is 24.2 Å². The van der Waals surface area contributed by atoms with E-state index >= 15 is 0 Å². The maximum absolute atomic E-state index is 13.3. The summed E-state index contributed by atoms with van der Waals surface area (Å²) < 4.78 is 7.07. The van der Waals surface area contributed by atoms with E-state index in [0.717, 1.165) is 26.0 Å². The molecule has 0 bridgehead atoms. The first-order valence-electron chi connectivity index (χ1n) is 8.87. The quantitative estimate of drug-likeness (QED) is 0.235. The normalized spacial score (nSPS) is 11.2. The number of thiazole rings is 1. The Kier molecular flexibility index (Phi) is 6.13. The molecule has 1 amide bonds. The van der Waals surface area contributed by atoms with Crippen LogP contribution < -0.4 is 9.75 Å². The van der Waals surface area contributed by atoms with Crippen molar-refractivity contribution in [3.63, 3.8) is 0 Å². The minimum absolute atomic E-state index is 0.319. The molecule has 1 aromatic heterocycles. The van der Waals surface area contributed by atoms with Crippen LogP contribution in [0, 0.1) is 0 Å². The Morgan fingerprint density at radius 2 is 1.97 bits per heavy atom. The second-order valence-electron chi connectivity index (χ2n) is 6.25. The zero-order valence-electron chi connectivity index (χ0n) is 15.8. The fourth-order valence-electron chi connectivity index (χ4n) is 2.72. The van der Waals surface area contributed by atoms with Crippen molar-refractivity contribution in [1.29, 1.82) is 0 Å². The molecule has 1 heterocycles. The van der Waals surface area contributed by atoms with Gasteiger partial charge in [-0.05, 0) is 66.2 Å². The average molecular weight is 501 g/mol. The lowest BCUT2D eigenvalue weighted by Crippen LogP contribution is -2.25. The van der Waals surface area contributed by atoms with E-state index in [0.29, 0.717) is 15.7 Å². The standard InChI is InChI=1S/C22H15BrClN3O2S/c1-29-18-8-5-14(6-9-18)13-25-27(21(28)15-3-2-4-17(24)11-15)22-26-19-10-7-16(23)12-20(19)30-22/h2-13H,1H3/b25-13+. The van der Waals surface area contributed by atoms with Gasteiger partial charge in [0.05, 0.1) is 23.5 Å². The summed E-state index contributed by atoms with van der Waals surface area (Å²) in [5, 5.41) is 6.70. The van der Waals surface area contributed by atoms with Crippen LogP contribution in [0.15, 0.2) is 76.3 Å². The number of nitrogens with zero attached hydrogens (tertiary/aromatic N) is 3. The number of aromatic nitrogens is 1. The van der Waals surface area contributed by atoms with E-state index in [2.05, 4.69) is 26.0 Å². The van der Waals surface area contributed by atoms with Crippen LogP contribution in [0.25, 0.3) is 10.2 Å². The van der Waals surface area contributed by atoms with Gasteiger partial charge in [-0.25, -0.2) is 4.98 Å². The molecule has 5 nitrogen and oxygen atoms in total. The molecule has 8 heteroatoms. The number of benzene rings is 3. The van der Waals surface area contributed by atoms with Crippen LogP contribution in [0.1, 0.15) is 15.9 Å². The number of amides is 1. The molecule has 3 aromatic carbocycles. The number of hydrogen-bond donors (Lipinski definition) is 0. The van der Waals surface area contributed by atoms with Gasteiger partial charge >= 0.3 is 0 Å². The topological polar surface area (TPSA) is 54.8 Å². The summed E-state index contributed by atoms with van der Waals surface area (Å²) in [6.07, 6.45) is 1.61. The van der Waals surface area contributed by atoms with Crippen molar-refractivity contribution in [2.24, 2.45) is 5.10 Å². The van der Waals surface area contributed by atoms with Gasteiger partial charge in [0.15, 0.2) is 0 Å². The number of halogens is 2. The fourth-order valence-corrected chi connectivity index (χ4v) is 4.39.